The minimum Gasteiger partial charge on any atom is -0.531 e. The lowest BCUT2D eigenvalue weighted by Crippen LogP contribution is -2.44. The van der Waals surface area contributed by atoms with E-state index >= 15 is 0 Å². The molecule has 2 rings (SSSR count). The van der Waals surface area contributed by atoms with E-state index in [4.69, 9.17) is 9.41 Å². The van der Waals surface area contributed by atoms with Crippen molar-refractivity contribution >= 4 is 8.32 Å². The van der Waals surface area contributed by atoms with Gasteiger partial charge in [-0.3, -0.25) is 0 Å². The fourth-order valence-electron chi connectivity index (χ4n) is 2.22. The zero-order valence-corrected chi connectivity index (χ0v) is 16.8. The van der Waals surface area contributed by atoms with Crippen LogP contribution in [0.25, 0.3) is 0 Å². The Labute approximate surface area is 143 Å². The summed E-state index contributed by atoms with van der Waals surface area (Å²) in [6.45, 7) is 14.6. The van der Waals surface area contributed by atoms with Gasteiger partial charge in [-0.2, -0.15) is 0 Å². The molecular formula is C19H34N2OSi. The van der Waals surface area contributed by atoms with E-state index in [9.17, 15) is 0 Å². The summed E-state index contributed by atoms with van der Waals surface area (Å²) in [5, 5.41) is 3.80. The largest absolute Gasteiger partial charge is 0.531 e. The standard InChI is InChI=1S/C19H34N2OSi/c1-7-8-9-17-12-15(14-20-16-10-11-16)13-18(21-17)22-23(5,6)19(2,3)4/h12-13,16,20H,7-11,14H2,1-6H3. The van der Waals surface area contributed by atoms with Gasteiger partial charge in [0.15, 0.2) is 5.88 Å². The van der Waals surface area contributed by atoms with Crippen LogP contribution in [0.2, 0.25) is 18.1 Å². The molecule has 0 radical (unpaired) electrons. The van der Waals surface area contributed by atoms with Gasteiger partial charge in [-0.05, 0) is 55.4 Å². The number of nitrogens with one attached hydrogen (secondary N) is 1. The first kappa shape index (κ1) is 18.5. The van der Waals surface area contributed by atoms with E-state index in [1.54, 1.807) is 0 Å². The summed E-state index contributed by atoms with van der Waals surface area (Å²) >= 11 is 0. The molecule has 1 fully saturated rings. The monoisotopic (exact) mass is 334 g/mol. The number of pyridine rings is 1. The van der Waals surface area contributed by atoms with Crippen molar-refractivity contribution in [1.82, 2.24) is 10.3 Å². The number of unbranched alkanes of at least 4 members (excludes halogenated alkanes) is 1. The summed E-state index contributed by atoms with van der Waals surface area (Å²) in [7, 11) is -1.84. The van der Waals surface area contributed by atoms with E-state index in [-0.39, 0.29) is 5.04 Å². The van der Waals surface area contributed by atoms with E-state index < -0.39 is 8.32 Å². The Balaban J connectivity index is 2.16. The summed E-state index contributed by atoms with van der Waals surface area (Å²) in [6.07, 6.45) is 6.07. The molecule has 0 aromatic carbocycles. The van der Waals surface area contributed by atoms with Gasteiger partial charge in [-0.15, -0.1) is 0 Å². The van der Waals surface area contributed by atoms with Gasteiger partial charge in [-0.25, -0.2) is 4.98 Å². The third-order valence-corrected chi connectivity index (χ3v) is 9.37. The van der Waals surface area contributed by atoms with Crippen LogP contribution < -0.4 is 9.74 Å². The Morgan fingerprint density at radius 1 is 1.26 bits per heavy atom. The zero-order valence-electron chi connectivity index (χ0n) is 15.8. The average molecular weight is 335 g/mol. The summed E-state index contributed by atoms with van der Waals surface area (Å²) in [4.78, 5) is 4.80. The van der Waals surface area contributed by atoms with E-state index in [1.165, 1.54) is 36.9 Å². The van der Waals surface area contributed by atoms with Gasteiger partial charge in [0.25, 0.3) is 8.32 Å². The Hall–Kier alpha value is -0.873. The van der Waals surface area contributed by atoms with Crippen molar-refractivity contribution in [3.05, 3.63) is 23.4 Å². The van der Waals surface area contributed by atoms with Gasteiger partial charge < -0.3 is 9.74 Å². The molecule has 1 aliphatic carbocycles. The van der Waals surface area contributed by atoms with Crippen molar-refractivity contribution in [2.24, 2.45) is 0 Å². The normalized spacial score (nSPS) is 15.7. The van der Waals surface area contributed by atoms with Gasteiger partial charge in [-0.1, -0.05) is 34.1 Å². The Bertz CT molecular complexity index is 519. The fourth-order valence-corrected chi connectivity index (χ4v) is 3.16. The van der Waals surface area contributed by atoms with Crippen LogP contribution in [0.15, 0.2) is 12.1 Å². The molecule has 3 nitrogen and oxygen atoms in total. The maximum absolute atomic E-state index is 6.45. The molecule has 0 saturated heterocycles. The van der Waals surface area contributed by atoms with Crippen molar-refractivity contribution in [3.8, 4) is 5.88 Å². The fraction of sp³-hybridized carbons (Fsp3) is 0.737. The first-order valence-corrected chi connectivity index (χ1v) is 12.0. The molecule has 0 unspecified atom stereocenters. The van der Waals surface area contributed by atoms with Gasteiger partial charge in [0.2, 0.25) is 0 Å². The molecule has 1 aliphatic rings. The molecule has 130 valence electrons. The number of hydrogen-bond acceptors (Lipinski definition) is 3. The second-order valence-corrected chi connectivity index (χ2v) is 13.2. The molecule has 4 heteroatoms. The van der Waals surface area contributed by atoms with Gasteiger partial charge in [0.1, 0.15) is 0 Å². The highest BCUT2D eigenvalue weighted by atomic mass is 28.4. The lowest BCUT2D eigenvalue weighted by molar-refractivity contribution is 0.473. The van der Waals surface area contributed by atoms with Crippen molar-refractivity contribution in [3.63, 3.8) is 0 Å². The highest BCUT2D eigenvalue weighted by Crippen LogP contribution is 2.37. The molecular weight excluding hydrogens is 300 g/mol. The third kappa shape index (κ3) is 5.61. The zero-order chi connectivity index (χ0) is 17.1. The van der Waals surface area contributed by atoms with Gasteiger partial charge in [0.05, 0.1) is 0 Å². The summed E-state index contributed by atoms with van der Waals surface area (Å²) < 4.78 is 6.45. The summed E-state index contributed by atoms with van der Waals surface area (Å²) in [5.41, 5.74) is 2.49. The molecule has 0 spiro atoms. The smallest absolute Gasteiger partial charge is 0.252 e. The molecule has 1 heterocycles. The molecule has 1 aromatic rings. The Morgan fingerprint density at radius 3 is 2.52 bits per heavy atom. The van der Waals surface area contributed by atoms with Gasteiger partial charge in [0, 0.05) is 24.3 Å². The second-order valence-electron chi connectivity index (χ2n) is 8.43. The minimum atomic E-state index is -1.84. The number of nitrogens with zero attached hydrogens (tertiary/aromatic N) is 1. The quantitative estimate of drug-likeness (QED) is 0.675. The van der Waals surface area contributed by atoms with E-state index in [0.29, 0.717) is 0 Å². The van der Waals surface area contributed by atoms with Gasteiger partial charge >= 0.3 is 0 Å². The Kier molecular flexibility index (Phi) is 5.90. The first-order valence-electron chi connectivity index (χ1n) is 9.13. The highest BCUT2D eigenvalue weighted by Gasteiger charge is 2.39. The van der Waals surface area contributed by atoms with Crippen molar-refractivity contribution in [1.29, 1.82) is 0 Å². The third-order valence-electron chi connectivity index (χ3n) is 5.04. The van der Waals surface area contributed by atoms with E-state index in [1.807, 2.05) is 0 Å². The number of aryl methyl sites for hydroxylation is 1. The Morgan fingerprint density at radius 2 is 1.96 bits per heavy atom. The lowest BCUT2D eigenvalue weighted by Gasteiger charge is -2.36. The maximum Gasteiger partial charge on any atom is 0.252 e. The van der Waals surface area contributed by atoms with Crippen LogP contribution in [0.4, 0.5) is 0 Å². The SMILES string of the molecule is CCCCc1cc(CNC2CC2)cc(O[Si](C)(C)C(C)(C)C)n1. The van der Waals surface area contributed by atoms with Crippen LogP contribution in [-0.4, -0.2) is 19.3 Å². The van der Waals surface area contributed by atoms with Crippen LogP contribution in [0.1, 0.15) is 64.6 Å². The maximum atomic E-state index is 6.45. The molecule has 1 saturated carbocycles. The number of hydrogen-bond donors (Lipinski definition) is 1. The highest BCUT2D eigenvalue weighted by molar-refractivity contribution is 6.74. The van der Waals surface area contributed by atoms with Crippen LogP contribution >= 0.6 is 0 Å². The predicted molar refractivity (Wildman–Crippen MR) is 101 cm³/mol. The van der Waals surface area contributed by atoms with E-state index in [2.05, 4.69) is 58.2 Å². The topological polar surface area (TPSA) is 34.1 Å². The molecule has 0 bridgehead atoms. The van der Waals surface area contributed by atoms with Crippen molar-refractivity contribution in [2.45, 2.75) is 90.5 Å². The van der Waals surface area contributed by atoms with Crippen LogP contribution in [0.5, 0.6) is 5.88 Å². The first-order chi connectivity index (χ1) is 10.7. The number of rotatable bonds is 8. The second kappa shape index (κ2) is 7.35. The van der Waals surface area contributed by atoms with Crippen LogP contribution in [0, 0.1) is 0 Å². The van der Waals surface area contributed by atoms with Crippen molar-refractivity contribution < 1.29 is 4.43 Å². The van der Waals surface area contributed by atoms with Crippen molar-refractivity contribution in [2.75, 3.05) is 0 Å². The lowest BCUT2D eigenvalue weighted by atomic mass is 10.1. The summed E-state index contributed by atoms with van der Waals surface area (Å²) in [6, 6.07) is 5.13. The molecule has 0 aliphatic heterocycles. The molecule has 1 aromatic heterocycles. The molecule has 23 heavy (non-hydrogen) atoms. The molecule has 1 N–H and O–H groups in total. The minimum absolute atomic E-state index is 0.195. The number of aromatic nitrogens is 1. The molecule has 0 atom stereocenters. The van der Waals surface area contributed by atoms with E-state index in [0.717, 1.165) is 24.9 Å². The summed E-state index contributed by atoms with van der Waals surface area (Å²) in [5.74, 6) is 0.831. The average Bonchev–Trinajstić information content (AvgIpc) is 3.25. The van der Waals surface area contributed by atoms with Crippen LogP contribution in [0.3, 0.4) is 0 Å². The molecule has 0 amide bonds. The van der Waals surface area contributed by atoms with Crippen LogP contribution in [-0.2, 0) is 13.0 Å². The predicted octanol–water partition coefficient (Wildman–Crippen LogP) is 5.06.